The molecule has 1 rings (SSSR count). The Hall–Kier alpha value is -0.290. The van der Waals surface area contributed by atoms with Gasteiger partial charge in [-0.05, 0) is 55.0 Å². The van der Waals surface area contributed by atoms with Crippen molar-refractivity contribution in [2.24, 2.45) is 5.92 Å². The van der Waals surface area contributed by atoms with Crippen molar-refractivity contribution in [1.29, 1.82) is 0 Å². The van der Waals surface area contributed by atoms with Crippen LogP contribution in [0.5, 0.6) is 0 Å². The summed E-state index contributed by atoms with van der Waals surface area (Å²) in [4.78, 5) is 0. The van der Waals surface area contributed by atoms with Crippen LogP contribution in [0.4, 0.5) is 0 Å². The molecule has 1 aromatic carbocycles. The molecule has 0 saturated heterocycles. The zero-order valence-electron chi connectivity index (χ0n) is 12.2. The highest BCUT2D eigenvalue weighted by molar-refractivity contribution is 9.10. The first-order valence-electron chi connectivity index (χ1n) is 7.05. The molecule has 0 saturated carbocycles. The molecule has 112 valence electrons. The first-order chi connectivity index (χ1) is 9.61. The molecule has 0 aliphatic carbocycles. The van der Waals surface area contributed by atoms with Crippen molar-refractivity contribution in [1.82, 2.24) is 5.32 Å². The Balaban J connectivity index is 2.51. The van der Waals surface area contributed by atoms with Gasteiger partial charge < -0.3 is 9.87 Å². The number of benzene rings is 1. The number of nitrogens with one attached hydrogen (secondary N) is 1. The molecule has 0 aliphatic rings. The van der Waals surface area contributed by atoms with Crippen LogP contribution < -0.4 is 5.32 Å². The number of hydrogen-bond donors (Lipinski definition) is 2. The number of hydrogen-bond acceptors (Lipinski definition) is 3. The van der Waals surface area contributed by atoms with E-state index in [1.165, 1.54) is 5.56 Å². The number of halogens is 1. The van der Waals surface area contributed by atoms with Crippen LogP contribution in [-0.2, 0) is 0 Å². The molecule has 0 aliphatic heterocycles. The summed E-state index contributed by atoms with van der Waals surface area (Å²) in [5.41, 5.74) is 1.22. The quantitative estimate of drug-likeness (QED) is 0.478. The molecule has 0 radical (unpaired) electrons. The Morgan fingerprint density at radius 3 is 2.60 bits per heavy atom. The zero-order valence-corrected chi connectivity index (χ0v) is 14.6. The van der Waals surface area contributed by atoms with Gasteiger partial charge in [0.15, 0.2) is 0 Å². The Kier molecular flexibility index (Phi) is 9.27. The molecule has 0 fully saturated rings. The van der Waals surface area contributed by atoms with Gasteiger partial charge in [0.25, 0.3) is 0 Å². The maximum atomic E-state index is 8.72. The molecule has 0 heterocycles. The SMILES string of the molecule is CC(C)CC(/C=C/c1ccc(Br)cc1)NCCCSO. The molecular formula is C16H24BrNOS. The van der Waals surface area contributed by atoms with Crippen LogP contribution in [-0.4, -0.2) is 22.9 Å². The van der Waals surface area contributed by atoms with Crippen molar-refractivity contribution in [2.75, 3.05) is 12.3 Å². The van der Waals surface area contributed by atoms with E-state index in [9.17, 15) is 0 Å². The van der Waals surface area contributed by atoms with Gasteiger partial charge in [-0.25, -0.2) is 0 Å². The third kappa shape index (κ3) is 8.10. The normalized spacial score (nSPS) is 13.2. The minimum Gasteiger partial charge on any atom is -0.330 e. The van der Waals surface area contributed by atoms with Crippen LogP contribution in [0.15, 0.2) is 34.8 Å². The summed E-state index contributed by atoms with van der Waals surface area (Å²) in [7, 11) is 0. The highest BCUT2D eigenvalue weighted by atomic mass is 79.9. The number of rotatable bonds is 9. The van der Waals surface area contributed by atoms with Crippen molar-refractivity contribution < 1.29 is 4.55 Å². The van der Waals surface area contributed by atoms with Gasteiger partial charge >= 0.3 is 0 Å². The second kappa shape index (κ2) is 10.4. The van der Waals surface area contributed by atoms with Gasteiger partial charge in [-0.2, -0.15) is 0 Å². The third-order valence-corrected chi connectivity index (χ3v) is 3.94. The first-order valence-corrected chi connectivity index (χ1v) is 8.79. The fourth-order valence-electron chi connectivity index (χ4n) is 1.96. The summed E-state index contributed by atoms with van der Waals surface area (Å²) in [6, 6.07) is 8.72. The molecule has 4 heteroatoms. The predicted octanol–water partition coefficient (Wildman–Crippen LogP) is 5.06. The average molecular weight is 358 g/mol. The lowest BCUT2D eigenvalue weighted by Gasteiger charge is -2.17. The van der Waals surface area contributed by atoms with Crippen LogP contribution in [0.2, 0.25) is 0 Å². The standard InChI is InChI=1S/C16H24BrNOS/c1-13(2)12-16(18-10-3-11-20-19)9-6-14-4-7-15(17)8-5-14/h4-9,13,16,18-19H,3,10-12H2,1-2H3/b9-6+. The summed E-state index contributed by atoms with van der Waals surface area (Å²) in [6.07, 6.45) is 6.53. The van der Waals surface area contributed by atoms with Crippen LogP contribution in [0.25, 0.3) is 6.08 Å². The average Bonchev–Trinajstić information content (AvgIpc) is 2.42. The van der Waals surface area contributed by atoms with Gasteiger partial charge in [0.2, 0.25) is 0 Å². The molecule has 20 heavy (non-hydrogen) atoms. The molecule has 1 aromatic rings. The molecule has 2 nitrogen and oxygen atoms in total. The first kappa shape index (κ1) is 17.8. The molecule has 1 atom stereocenters. The van der Waals surface area contributed by atoms with Gasteiger partial charge in [0.1, 0.15) is 0 Å². The smallest absolute Gasteiger partial charge is 0.0255 e. The minimum atomic E-state index is 0.391. The Morgan fingerprint density at radius 1 is 1.30 bits per heavy atom. The third-order valence-electron chi connectivity index (χ3n) is 2.94. The van der Waals surface area contributed by atoms with Gasteiger partial charge in [0, 0.05) is 16.3 Å². The van der Waals surface area contributed by atoms with E-state index < -0.39 is 0 Å². The lowest BCUT2D eigenvalue weighted by atomic mass is 10.0. The maximum Gasteiger partial charge on any atom is 0.0255 e. The lowest BCUT2D eigenvalue weighted by Crippen LogP contribution is -2.29. The van der Waals surface area contributed by atoms with Gasteiger partial charge in [0.05, 0.1) is 0 Å². The summed E-state index contributed by atoms with van der Waals surface area (Å²) < 4.78 is 9.83. The summed E-state index contributed by atoms with van der Waals surface area (Å²) in [5, 5.41) is 3.55. The highest BCUT2D eigenvalue weighted by Crippen LogP contribution is 2.13. The van der Waals surface area contributed by atoms with E-state index in [0.717, 1.165) is 41.7 Å². The zero-order chi connectivity index (χ0) is 14.8. The summed E-state index contributed by atoms with van der Waals surface area (Å²) in [5.74, 6) is 1.45. The monoisotopic (exact) mass is 357 g/mol. The van der Waals surface area contributed by atoms with E-state index in [1.807, 2.05) is 0 Å². The van der Waals surface area contributed by atoms with Crippen LogP contribution in [0, 0.1) is 5.92 Å². The second-order valence-electron chi connectivity index (χ2n) is 5.29. The molecule has 0 bridgehead atoms. The molecular weight excluding hydrogens is 334 g/mol. The topological polar surface area (TPSA) is 32.3 Å². The fourth-order valence-corrected chi connectivity index (χ4v) is 2.50. The van der Waals surface area contributed by atoms with Gasteiger partial charge in [-0.3, -0.25) is 0 Å². The summed E-state index contributed by atoms with van der Waals surface area (Å²) in [6.45, 7) is 5.42. The van der Waals surface area contributed by atoms with Crippen molar-refractivity contribution in [3.63, 3.8) is 0 Å². The molecule has 0 amide bonds. The highest BCUT2D eigenvalue weighted by Gasteiger charge is 2.06. The Morgan fingerprint density at radius 2 is 2.00 bits per heavy atom. The van der Waals surface area contributed by atoms with Gasteiger partial charge in [-0.1, -0.05) is 54.1 Å². The van der Waals surface area contributed by atoms with E-state index >= 15 is 0 Å². The minimum absolute atomic E-state index is 0.391. The lowest BCUT2D eigenvalue weighted by molar-refractivity contribution is 0.473. The molecule has 2 N–H and O–H groups in total. The van der Waals surface area contributed by atoms with Crippen molar-refractivity contribution in [3.05, 3.63) is 40.4 Å². The summed E-state index contributed by atoms with van der Waals surface area (Å²) >= 11 is 4.36. The molecule has 1 unspecified atom stereocenters. The van der Waals surface area contributed by atoms with Crippen LogP contribution in [0.1, 0.15) is 32.3 Å². The van der Waals surface area contributed by atoms with Crippen molar-refractivity contribution in [2.45, 2.75) is 32.7 Å². The van der Waals surface area contributed by atoms with Crippen molar-refractivity contribution >= 4 is 34.0 Å². The van der Waals surface area contributed by atoms with E-state index in [0.29, 0.717) is 12.0 Å². The van der Waals surface area contributed by atoms with E-state index in [1.54, 1.807) is 0 Å². The van der Waals surface area contributed by atoms with E-state index in [2.05, 4.69) is 71.5 Å². The van der Waals surface area contributed by atoms with E-state index in [4.69, 9.17) is 4.55 Å². The van der Waals surface area contributed by atoms with Crippen LogP contribution >= 0.6 is 28.0 Å². The predicted molar refractivity (Wildman–Crippen MR) is 94.1 cm³/mol. The molecule has 0 aromatic heterocycles. The van der Waals surface area contributed by atoms with Gasteiger partial charge in [-0.15, -0.1) is 0 Å². The Bertz CT molecular complexity index is 392. The largest absolute Gasteiger partial charge is 0.330 e. The van der Waals surface area contributed by atoms with Crippen LogP contribution in [0.3, 0.4) is 0 Å². The Labute approximate surface area is 135 Å². The van der Waals surface area contributed by atoms with E-state index in [-0.39, 0.29) is 0 Å². The molecule has 0 spiro atoms. The second-order valence-corrected chi connectivity index (χ2v) is 6.87. The maximum absolute atomic E-state index is 8.72. The fraction of sp³-hybridized carbons (Fsp3) is 0.500. The van der Waals surface area contributed by atoms with Crippen molar-refractivity contribution in [3.8, 4) is 0 Å².